The van der Waals surface area contributed by atoms with E-state index in [2.05, 4.69) is 49.3 Å². The van der Waals surface area contributed by atoms with E-state index in [4.69, 9.17) is 9.47 Å². The molecule has 0 spiro atoms. The summed E-state index contributed by atoms with van der Waals surface area (Å²) in [5.41, 5.74) is 3.32. The van der Waals surface area contributed by atoms with E-state index >= 15 is 0 Å². The zero-order valence-electron chi connectivity index (χ0n) is 12.9. The molecule has 23 heavy (non-hydrogen) atoms. The number of alkyl halides is 2. The molecule has 0 saturated heterocycles. The number of ether oxygens (including phenoxy) is 2. The molecule has 1 fully saturated rings. The Labute approximate surface area is 152 Å². The lowest BCUT2D eigenvalue weighted by Gasteiger charge is -2.10. The average molecular weight is 446 g/mol. The van der Waals surface area contributed by atoms with E-state index in [1.807, 2.05) is 25.1 Å². The molecule has 1 N–H and O–H groups in total. The minimum Gasteiger partial charge on any atom is -0.454 e. The number of halogens is 2. The summed E-state index contributed by atoms with van der Waals surface area (Å²) in [6.45, 7) is 4.24. The van der Waals surface area contributed by atoms with Crippen LogP contribution in [0.25, 0.3) is 0 Å². The molecule has 1 heterocycles. The van der Waals surface area contributed by atoms with Crippen LogP contribution in [0.4, 0.5) is 0 Å². The number of carbonyl (C=O) groups excluding carboxylic acids is 1. The van der Waals surface area contributed by atoms with Gasteiger partial charge in [0.1, 0.15) is 0 Å². The van der Waals surface area contributed by atoms with Crippen molar-refractivity contribution in [3.05, 3.63) is 23.8 Å². The summed E-state index contributed by atoms with van der Waals surface area (Å²) >= 11 is 6.96. The Morgan fingerprint density at radius 3 is 2.83 bits per heavy atom. The van der Waals surface area contributed by atoms with E-state index in [-0.39, 0.29) is 21.9 Å². The van der Waals surface area contributed by atoms with Gasteiger partial charge in [0.25, 0.3) is 0 Å². The first-order valence-electron chi connectivity index (χ1n) is 7.42. The second kappa shape index (κ2) is 6.09. The third kappa shape index (κ3) is 3.40. The largest absolute Gasteiger partial charge is 0.454 e. The van der Waals surface area contributed by atoms with Crippen LogP contribution in [-0.4, -0.2) is 22.1 Å². The maximum atomic E-state index is 12.1. The number of benzene rings is 1. The molecule has 1 saturated carbocycles. The Morgan fingerprint density at radius 1 is 1.43 bits per heavy atom. The van der Waals surface area contributed by atoms with E-state index in [0.29, 0.717) is 0 Å². The standard InChI is InChI=1S/C16H18Br2N2O3/c1-10(5-11-3-4-12-13(6-11)23-9-22-12)7-19-20-14(21)15(2)8-16(15,17)18/h3-4,6-7,10H,5,8-9H2,1-2H3,(H,20,21)/b19-7+. The summed E-state index contributed by atoms with van der Waals surface area (Å²) in [4.78, 5) is 12.1. The minimum absolute atomic E-state index is 0.0854. The Kier molecular flexibility index (Phi) is 4.44. The van der Waals surface area contributed by atoms with E-state index < -0.39 is 5.41 Å². The van der Waals surface area contributed by atoms with Crippen molar-refractivity contribution in [2.75, 3.05) is 6.79 Å². The highest BCUT2D eigenvalue weighted by atomic mass is 79.9. The summed E-state index contributed by atoms with van der Waals surface area (Å²) < 4.78 is 10.4. The lowest BCUT2D eigenvalue weighted by Crippen LogP contribution is -2.29. The molecule has 124 valence electrons. The Bertz CT molecular complexity index is 663. The number of rotatable bonds is 5. The normalized spacial score (nSPS) is 25.4. The van der Waals surface area contributed by atoms with Gasteiger partial charge in [0.15, 0.2) is 11.5 Å². The Morgan fingerprint density at radius 2 is 2.13 bits per heavy atom. The van der Waals surface area contributed by atoms with Crippen molar-refractivity contribution in [2.24, 2.45) is 16.4 Å². The number of hydrogen-bond donors (Lipinski definition) is 1. The van der Waals surface area contributed by atoms with Gasteiger partial charge in [-0.1, -0.05) is 44.8 Å². The van der Waals surface area contributed by atoms with Crippen molar-refractivity contribution < 1.29 is 14.3 Å². The molecule has 0 aromatic heterocycles. The van der Waals surface area contributed by atoms with Crippen molar-refractivity contribution in [1.82, 2.24) is 5.43 Å². The molecule has 1 amide bonds. The molecule has 3 rings (SSSR count). The van der Waals surface area contributed by atoms with Crippen LogP contribution in [0.3, 0.4) is 0 Å². The smallest absolute Gasteiger partial charge is 0.248 e. The molecular weight excluding hydrogens is 428 g/mol. The zero-order valence-corrected chi connectivity index (χ0v) is 16.1. The van der Waals surface area contributed by atoms with Crippen molar-refractivity contribution >= 4 is 44.0 Å². The van der Waals surface area contributed by atoms with Gasteiger partial charge in [-0.05, 0) is 43.4 Å². The molecule has 1 aromatic carbocycles. The van der Waals surface area contributed by atoms with E-state index in [0.717, 1.165) is 29.9 Å². The SMILES string of the molecule is CC(/C=N/NC(=O)C1(C)CC1(Br)Br)Cc1ccc2c(c1)OCO2. The van der Waals surface area contributed by atoms with Crippen LogP contribution >= 0.6 is 31.9 Å². The first-order valence-corrected chi connectivity index (χ1v) is 9.00. The van der Waals surface area contributed by atoms with E-state index in [9.17, 15) is 4.79 Å². The maximum absolute atomic E-state index is 12.1. The van der Waals surface area contributed by atoms with Gasteiger partial charge < -0.3 is 9.47 Å². The summed E-state index contributed by atoms with van der Waals surface area (Å²) in [5, 5.41) is 4.09. The van der Waals surface area contributed by atoms with E-state index in [1.54, 1.807) is 6.21 Å². The fourth-order valence-corrected chi connectivity index (χ4v) is 3.97. The summed E-state index contributed by atoms with van der Waals surface area (Å²) in [6.07, 6.45) is 3.32. The zero-order chi connectivity index (χ0) is 16.7. The number of nitrogens with one attached hydrogen (secondary N) is 1. The predicted octanol–water partition coefficient (Wildman–Crippen LogP) is 3.59. The topological polar surface area (TPSA) is 59.9 Å². The molecule has 5 nitrogen and oxygen atoms in total. The highest BCUT2D eigenvalue weighted by molar-refractivity contribution is 9.25. The van der Waals surface area contributed by atoms with Crippen LogP contribution in [0, 0.1) is 11.3 Å². The number of amides is 1. The fourth-order valence-electron chi connectivity index (χ4n) is 2.49. The number of hydrazone groups is 1. The van der Waals surface area contributed by atoms with Crippen LogP contribution in [0.5, 0.6) is 11.5 Å². The van der Waals surface area contributed by atoms with Crippen molar-refractivity contribution in [3.8, 4) is 11.5 Å². The Hall–Kier alpha value is -1.08. The highest BCUT2D eigenvalue weighted by Gasteiger charge is 2.66. The number of carbonyl (C=O) groups is 1. The van der Waals surface area contributed by atoms with Gasteiger partial charge in [-0.15, -0.1) is 0 Å². The lowest BCUT2D eigenvalue weighted by molar-refractivity contribution is -0.125. The molecule has 2 aliphatic rings. The summed E-state index contributed by atoms with van der Waals surface area (Å²) in [5.74, 6) is 1.68. The third-order valence-electron chi connectivity index (χ3n) is 4.25. The van der Waals surface area contributed by atoms with Crippen molar-refractivity contribution in [1.29, 1.82) is 0 Å². The molecule has 1 aliphatic carbocycles. The lowest BCUT2D eigenvalue weighted by atomic mass is 10.0. The van der Waals surface area contributed by atoms with Crippen molar-refractivity contribution in [2.45, 2.75) is 29.9 Å². The second-order valence-electron chi connectivity index (χ2n) is 6.30. The van der Waals surface area contributed by atoms with Gasteiger partial charge in [0, 0.05) is 6.21 Å². The Balaban J connectivity index is 1.51. The summed E-state index contributed by atoms with van der Waals surface area (Å²) in [6, 6.07) is 5.93. The fraction of sp³-hybridized carbons (Fsp3) is 0.500. The molecule has 2 atom stereocenters. The van der Waals surface area contributed by atoms with Crippen LogP contribution in [0.2, 0.25) is 0 Å². The molecule has 1 aromatic rings. The van der Waals surface area contributed by atoms with Gasteiger partial charge in [-0.25, -0.2) is 5.43 Å². The van der Waals surface area contributed by atoms with Gasteiger partial charge >= 0.3 is 0 Å². The first kappa shape index (κ1) is 16.8. The van der Waals surface area contributed by atoms with Gasteiger partial charge in [-0.2, -0.15) is 5.10 Å². The van der Waals surface area contributed by atoms with E-state index in [1.165, 1.54) is 0 Å². The molecule has 0 radical (unpaired) electrons. The van der Waals surface area contributed by atoms with Crippen LogP contribution in [0.1, 0.15) is 25.8 Å². The third-order valence-corrected chi connectivity index (χ3v) is 6.56. The molecule has 2 unspecified atom stereocenters. The van der Waals surface area contributed by atoms with Gasteiger partial charge in [0.05, 0.1) is 8.65 Å². The molecular formula is C16H18Br2N2O3. The highest BCUT2D eigenvalue weighted by Crippen LogP contribution is 2.66. The minimum atomic E-state index is -0.453. The number of nitrogens with zero attached hydrogens (tertiary/aromatic N) is 1. The quantitative estimate of drug-likeness (QED) is 0.428. The van der Waals surface area contributed by atoms with Crippen molar-refractivity contribution in [3.63, 3.8) is 0 Å². The van der Waals surface area contributed by atoms with Crippen LogP contribution < -0.4 is 14.9 Å². The number of hydrogen-bond acceptors (Lipinski definition) is 4. The number of fused-ring (bicyclic) bond motifs is 1. The average Bonchev–Trinajstić information content (AvgIpc) is 2.85. The first-order chi connectivity index (χ1) is 10.8. The molecule has 1 aliphatic heterocycles. The summed E-state index contributed by atoms with van der Waals surface area (Å²) in [7, 11) is 0. The predicted molar refractivity (Wildman–Crippen MR) is 95.4 cm³/mol. The monoisotopic (exact) mass is 444 g/mol. The van der Waals surface area contributed by atoms with Crippen LogP contribution in [-0.2, 0) is 11.2 Å². The molecule has 0 bridgehead atoms. The van der Waals surface area contributed by atoms with Crippen LogP contribution in [0.15, 0.2) is 23.3 Å². The van der Waals surface area contributed by atoms with Gasteiger partial charge in [0.2, 0.25) is 12.7 Å². The maximum Gasteiger partial charge on any atom is 0.248 e. The van der Waals surface area contributed by atoms with Gasteiger partial charge in [-0.3, -0.25) is 4.79 Å². The second-order valence-corrected chi connectivity index (χ2v) is 10.1. The molecule has 7 heteroatoms.